The molecule has 1 heterocycles. The largest absolute Gasteiger partial charge is 0.325 e. The monoisotopic (exact) mass is 229 g/mol. The van der Waals surface area contributed by atoms with E-state index in [9.17, 15) is 0 Å². The SMILES string of the molecule is Cc1cn(C)c(Nc2ccccc2C(C)C)n1. The Balaban J connectivity index is 2.33. The Morgan fingerprint density at radius 2 is 1.94 bits per heavy atom. The number of hydrogen-bond donors (Lipinski definition) is 1. The zero-order valence-corrected chi connectivity index (χ0v) is 10.9. The maximum atomic E-state index is 4.46. The van der Waals surface area contributed by atoms with Crippen LogP contribution in [0.5, 0.6) is 0 Å². The van der Waals surface area contributed by atoms with Gasteiger partial charge in [-0.05, 0) is 24.5 Å². The molecule has 0 fully saturated rings. The van der Waals surface area contributed by atoms with Crippen molar-refractivity contribution in [1.82, 2.24) is 9.55 Å². The summed E-state index contributed by atoms with van der Waals surface area (Å²) in [5.41, 5.74) is 3.47. The summed E-state index contributed by atoms with van der Waals surface area (Å²) in [7, 11) is 2.00. The molecule has 90 valence electrons. The van der Waals surface area contributed by atoms with Gasteiger partial charge >= 0.3 is 0 Å². The molecule has 0 radical (unpaired) electrons. The van der Waals surface area contributed by atoms with Gasteiger partial charge in [0.1, 0.15) is 0 Å². The van der Waals surface area contributed by atoms with E-state index in [1.165, 1.54) is 5.56 Å². The van der Waals surface area contributed by atoms with Crippen LogP contribution in [0.2, 0.25) is 0 Å². The van der Waals surface area contributed by atoms with Crippen LogP contribution in [-0.2, 0) is 7.05 Å². The summed E-state index contributed by atoms with van der Waals surface area (Å²) in [6.45, 7) is 6.40. The smallest absolute Gasteiger partial charge is 0.207 e. The van der Waals surface area contributed by atoms with E-state index in [4.69, 9.17) is 0 Å². The molecule has 0 aliphatic rings. The van der Waals surface area contributed by atoms with Crippen molar-refractivity contribution in [2.24, 2.45) is 7.05 Å². The van der Waals surface area contributed by atoms with Crippen LogP contribution < -0.4 is 5.32 Å². The molecule has 0 aliphatic carbocycles. The second-order valence-electron chi connectivity index (χ2n) is 4.68. The molecule has 3 heteroatoms. The second kappa shape index (κ2) is 4.62. The summed E-state index contributed by atoms with van der Waals surface area (Å²) in [5.74, 6) is 1.38. The van der Waals surface area contributed by atoms with Crippen molar-refractivity contribution in [3.8, 4) is 0 Å². The number of nitrogens with zero attached hydrogens (tertiary/aromatic N) is 2. The van der Waals surface area contributed by atoms with Crippen molar-refractivity contribution in [2.45, 2.75) is 26.7 Å². The van der Waals surface area contributed by atoms with Crippen molar-refractivity contribution in [3.05, 3.63) is 41.7 Å². The lowest BCUT2D eigenvalue weighted by Crippen LogP contribution is -2.02. The Bertz CT molecular complexity index is 512. The van der Waals surface area contributed by atoms with E-state index in [2.05, 4.69) is 42.3 Å². The first kappa shape index (κ1) is 11.7. The van der Waals surface area contributed by atoms with Gasteiger partial charge in [0.2, 0.25) is 5.95 Å². The first-order chi connectivity index (χ1) is 8.08. The summed E-state index contributed by atoms with van der Waals surface area (Å²) in [4.78, 5) is 4.46. The summed E-state index contributed by atoms with van der Waals surface area (Å²) in [6, 6.07) is 8.37. The van der Waals surface area contributed by atoms with E-state index in [-0.39, 0.29) is 0 Å². The van der Waals surface area contributed by atoms with Gasteiger partial charge in [0.05, 0.1) is 5.69 Å². The average molecular weight is 229 g/mol. The standard InChI is InChI=1S/C14H19N3/c1-10(2)12-7-5-6-8-13(12)16-14-15-11(3)9-17(14)4/h5-10H,1-4H3,(H,15,16). The highest BCUT2D eigenvalue weighted by Crippen LogP contribution is 2.26. The molecule has 0 saturated heterocycles. The van der Waals surface area contributed by atoms with Crippen molar-refractivity contribution >= 4 is 11.6 Å². The van der Waals surface area contributed by atoms with Gasteiger partial charge in [0.25, 0.3) is 0 Å². The Kier molecular flexibility index (Phi) is 3.18. The van der Waals surface area contributed by atoms with E-state index in [0.717, 1.165) is 17.3 Å². The molecule has 2 rings (SSSR count). The fourth-order valence-electron chi connectivity index (χ4n) is 1.97. The number of imidazole rings is 1. The van der Waals surface area contributed by atoms with Crippen LogP contribution in [0, 0.1) is 6.92 Å². The number of para-hydroxylation sites is 1. The highest BCUT2D eigenvalue weighted by atomic mass is 15.2. The molecule has 0 spiro atoms. The van der Waals surface area contributed by atoms with E-state index in [1.54, 1.807) is 0 Å². The Morgan fingerprint density at radius 1 is 1.24 bits per heavy atom. The molecule has 2 aromatic rings. The zero-order valence-electron chi connectivity index (χ0n) is 10.9. The van der Waals surface area contributed by atoms with Gasteiger partial charge in [-0.15, -0.1) is 0 Å². The van der Waals surface area contributed by atoms with Gasteiger partial charge in [-0.1, -0.05) is 32.0 Å². The predicted octanol–water partition coefficient (Wildman–Crippen LogP) is 3.60. The zero-order chi connectivity index (χ0) is 12.4. The molecular formula is C14H19N3. The summed E-state index contributed by atoms with van der Waals surface area (Å²) in [6.07, 6.45) is 2.01. The van der Waals surface area contributed by atoms with Gasteiger partial charge in [0, 0.05) is 18.9 Å². The quantitative estimate of drug-likeness (QED) is 0.871. The number of aryl methyl sites for hydroxylation is 2. The normalized spacial score (nSPS) is 10.9. The third-order valence-corrected chi connectivity index (χ3v) is 2.83. The van der Waals surface area contributed by atoms with E-state index in [1.807, 2.05) is 30.8 Å². The average Bonchev–Trinajstić information content (AvgIpc) is 2.58. The van der Waals surface area contributed by atoms with Crippen LogP contribution >= 0.6 is 0 Å². The lowest BCUT2D eigenvalue weighted by molar-refractivity contribution is 0.865. The molecule has 1 aromatic heterocycles. The highest BCUT2D eigenvalue weighted by molar-refractivity contribution is 5.59. The van der Waals surface area contributed by atoms with Crippen LogP contribution in [0.15, 0.2) is 30.5 Å². The maximum absolute atomic E-state index is 4.46. The second-order valence-corrected chi connectivity index (χ2v) is 4.68. The molecule has 0 atom stereocenters. The summed E-state index contributed by atoms with van der Waals surface area (Å²) in [5, 5.41) is 3.39. The fourth-order valence-corrected chi connectivity index (χ4v) is 1.97. The number of rotatable bonds is 3. The Labute approximate surface area is 103 Å². The number of aromatic nitrogens is 2. The van der Waals surface area contributed by atoms with Gasteiger partial charge in [-0.3, -0.25) is 0 Å². The molecule has 17 heavy (non-hydrogen) atoms. The van der Waals surface area contributed by atoms with E-state index in [0.29, 0.717) is 5.92 Å². The number of benzene rings is 1. The third kappa shape index (κ3) is 2.49. The first-order valence-corrected chi connectivity index (χ1v) is 5.94. The molecule has 0 saturated carbocycles. The van der Waals surface area contributed by atoms with Crippen LogP contribution in [-0.4, -0.2) is 9.55 Å². The fraction of sp³-hybridized carbons (Fsp3) is 0.357. The topological polar surface area (TPSA) is 29.9 Å². The number of hydrogen-bond acceptors (Lipinski definition) is 2. The third-order valence-electron chi connectivity index (χ3n) is 2.83. The van der Waals surface area contributed by atoms with Gasteiger partial charge in [-0.2, -0.15) is 0 Å². The molecule has 3 nitrogen and oxygen atoms in total. The van der Waals surface area contributed by atoms with Crippen LogP contribution in [0.25, 0.3) is 0 Å². The van der Waals surface area contributed by atoms with Crippen molar-refractivity contribution in [1.29, 1.82) is 0 Å². The minimum absolute atomic E-state index is 0.500. The lowest BCUT2D eigenvalue weighted by Gasteiger charge is -2.13. The van der Waals surface area contributed by atoms with Crippen molar-refractivity contribution < 1.29 is 0 Å². The molecular weight excluding hydrogens is 210 g/mol. The molecule has 1 N–H and O–H groups in total. The summed E-state index contributed by atoms with van der Waals surface area (Å²) >= 11 is 0. The van der Waals surface area contributed by atoms with Gasteiger partial charge in [0.15, 0.2) is 0 Å². The minimum atomic E-state index is 0.500. The van der Waals surface area contributed by atoms with Crippen LogP contribution in [0.3, 0.4) is 0 Å². The van der Waals surface area contributed by atoms with Crippen molar-refractivity contribution in [3.63, 3.8) is 0 Å². The molecule has 0 bridgehead atoms. The number of anilines is 2. The lowest BCUT2D eigenvalue weighted by atomic mass is 10.0. The first-order valence-electron chi connectivity index (χ1n) is 5.94. The summed E-state index contributed by atoms with van der Waals surface area (Å²) < 4.78 is 2.01. The molecule has 0 amide bonds. The van der Waals surface area contributed by atoms with E-state index < -0.39 is 0 Å². The predicted molar refractivity (Wildman–Crippen MR) is 71.8 cm³/mol. The Morgan fingerprint density at radius 3 is 2.53 bits per heavy atom. The Hall–Kier alpha value is -1.77. The molecule has 1 aromatic carbocycles. The highest BCUT2D eigenvalue weighted by Gasteiger charge is 2.08. The number of nitrogens with one attached hydrogen (secondary N) is 1. The maximum Gasteiger partial charge on any atom is 0.207 e. The van der Waals surface area contributed by atoms with Crippen LogP contribution in [0.4, 0.5) is 11.6 Å². The van der Waals surface area contributed by atoms with Gasteiger partial charge < -0.3 is 9.88 Å². The van der Waals surface area contributed by atoms with Crippen molar-refractivity contribution in [2.75, 3.05) is 5.32 Å². The molecule has 0 unspecified atom stereocenters. The van der Waals surface area contributed by atoms with Gasteiger partial charge in [-0.25, -0.2) is 4.98 Å². The van der Waals surface area contributed by atoms with Crippen LogP contribution in [0.1, 0.15) is 31.0 Å². The minimum Gasteiger partial charge on any atom is -0.325 e. The molecule has 0 aliphatic heterocycles. The van der Waals surface area contributed by atoms with E-state index >= 15 is 0 Å².